The quantitative estimate of drug-likeness (QED) is 0.847. The molecule has 2 rings (SSSR count). The molecule has 0 fully saturated rings. The van der Waals surface area contributed by atoms with Crippen molar-refractivity contribution in [3.8, 4) is 0 Å². The molecule has 0 atom stereocenters. The number of nitrogens with zero attached hydrogens (tertiary/aromatic N) is 3. The number of carboxylic acid groups (broad SMARTS) is 1. The van der Waals surface area contributed by atoms with Crippen LogP contribution in [0.25, 0.3) is 0 Å². The van der Waals surface area contributed by atoms with Gasteiger partial charge in [-0.25, -0.2) is 4.79 Å². The van der Waals surface area contributed by atoms with E-state index in [1.165, 1.54) is 12.3 Å². The van der Waals surface area contributed by atoms with Crippen molar-refractivity contribution >= 4 is 11.8 Å². The monoisotopic (exact) mass is 244 g/mol. The summed E-state index contributed by atoms with van der Waals surface area (Å²) in [5, 5.41) is 19.3. The van der Waals surface area contributed by atoms with Crippen molar-refractivity contribution in [2.24, 2.45) is 0 Å². The lowest BCUT2D eigenvalue weighted by Gasteiger charge is -2.07. The highest BCUT2D eigenvalue weighted by molar-refractivity contribution is 5.92. The normalized spacial score (nSPS) is 10.1. The Morgan fingerprint density at radius 1 is 1.39 bits per heavy atom. The molecule has 0 aromatic carbocycles. The van der Waals surface area contributed by atoms with Gasteiger partial charge in [0.05, 0.1) is 6.20 Å². The van der Waals surface area contributed by atoms with Crippen molar-refractivity contribution in [1.29, 1.82) is 0 Å². The van der Waals surface area contributed by atoms with E-state index in [1.54, 1.807) is 6.20 Å². The molecule has 0 saturated carbocycles. The number of hydrogen-bond donors (Lipinski definition) is 2. The van der Waals surface area contributed by atoms with Gasteiger partial charge in [0.1, 0.15) is 5.56 Å². The Morgan fingerprint density at radius 2 is 2.22 bits per heavy atom. The Labute approximate surface area is 104 Å². The van der Waals surface area contributed by atoms with Crippen molar-refractivity contribution in [2.45, 2.75) is 13.5 Å². The Hall–Kier alpha value is -2.50. The van der Waals surface area contributed by atoms with Crippen LogP contribution in [-0.2, 0) is 6.54 Å². The molecule has 0 bridgehead atoms. The summed E-state index contributed by atoms with van der Waals surface area (Å²) in [5.74, 6) is -0.778. The molecule has 18 heavy (non-hydrogen) atoms. The Kier molecular flexibility index (Phi) is 3.47. The largest absolute Gasteiger partial charge is 0.478 e. The van der Waals surface area contributed by atoms with Crippen LogP contribution in [0.15, 0.2) is 30.6 Å². The molecule has 2 heterocycles. The summed E-state index contributed by atoms with van der Waals surface area (Å²) in [6.45, 7) is 2.36. The van der Waals surface area contributed by atoms with E-state index >= 15 is 0 Å². The molecule has 6 heteroatoms. The summed E-state index contributed by atoms with van der Waals surface area (Å²) in [6, 6.07) is 5.23. The number of carboxylic acids is 1. The smallest absolute Gasteiger partial charge is 0.339 e. The van der Waals surface area contributed by atoms with Crippen molar-refractivity contribution in [3.05, 3.63) is 47.4 Å². The summed E-state index contributed by atoms with van der Waals surface area (Å²) in [6.07, 6.45) is 3.08. The van der Waals surface area contributed by atoms with Gasteiger partial charge in [-0.15, -0.1) is 5.10 Å². The average Bonchev–Trinajstić information content (AvgIpc) is 2.38. The van der Waals surface area contributed by atoms with Crippen molar-refractivity contribution in [2.75, 3.05) is 5.32 Å². The van der Waals surface area contributed by atoms with E-state index in [0.29, 0.717) is 6.54 Å². The number of pyridine rings is 1. The first-order valence-corrected chi connectivity index (χ1v) is 5.37. The number of aromatic carboxylic acids is 1. The number of nitrogens with one attached hydrogen (secondary N) is 1. The molecule has 6 nitrogen and oxygen atoms in total. The fourth-order valence-corrected chi connectivity index (χ4v) is 1.42. The molecule has 2 N–H and O–H groups in total. The number of aromatic nitrogens is 3. The van der Waals surface area contributed by atoms with E-state index < -0.39 is 5.97 Å². The zero-order valence-electron chi connectivity index (χ0n) is 9.79. The van der Waals surface area contributed by atoms with Gasteiger partial charge in [0.15, 0.2) is 5.82 Å². The highest BCUT2D eigenvalue weighted by Gasteiger charge is 2.10. The van der Waals surface area contributed by atoms with Crippen LogP contribution in [-0.4, -0.2) is 26.3 Å². The van der Waals surface area contributed by atoms with Gasteiger partial charge in [0, 0.05) is 18.4 Å². The maximum Gasteiger partial charge on any atom is 0.339 e. The molecule has 0 radical (unpaired) electrons. The Bertz CT molecular complexity index is 554. The van der Waals surface area contributed by atoms with Crippen LogP contribution in [0.5, 0.6) is 0 Å². The molecule has 0 saturated heterocycles. The fourth-order valence-electron chi connectivity index (χ4n) is 1.42. The zero-order valence-corrected chi connectivity index (χ0v) is 9.79. The van der Waals surface area contributed by atoms with Gasteiger partial charge < -0.3 is 10.4 Å². The van der Waals surface area contributed by atoms with Gasteiger partial charge in [0.25, 0.3) is 0 Å². The minimum absolute atomic E-state index is 0.102. The van der Waals surface area contributed by atoms with Gasteiger partial charge in [-0.2, -0.15) is 5.10 Å². The fraction of sp³-hybridized carbons (Fsp3) is 0.167. The lowest BCUT2D eigenvalue weighted by atomic mass is 10.2. The molecular weight excluding hydrogens is 232 g/mol. The highest BCUT2D eigenvalue weighted by Crippen LogP contribution is 2.11. The van der Waals surface area contributed by atoms with E-state index in [4.69, 9.17) is 5.11 Å². The summed E-state index contributed by atoms with van der Waals surface area (Å²) in [5.41, 5.74) is 1.98. The number of aryl methyl sites for hydroxylation is 1. The van der Waals surface area contributed by atoms with Crippen LogP contribution in [0.3, 0.4) is 0 Å². The molecule has 2 aromatic rings. The molecular formula is C12H12N4O2. The van der Waals surface area contributed by atoms with Gasteiger partial charge in [-0.05, 0) is 24.6 Å². The lowest BCUT2D eigenvalue weighted by Crippen LogP contribution is -2.09. The van der Waals surface area contributed by atoms with Gasteiger partial charge >= 0.3 is 5.97 Å². The summed E-state index contributed by atoms with van der Waals surface area (Å²) in [4.78, 5) is 15.1. The maximum absolute atomic E-state index is 11.0. The van der Waals surface area contributed by atoms with Gasteiger partial charge in [-0.1, -0.05) is 6.07 Å². The predicted octanol–water partition coefficient (Wildman–Crippen LogP) is 1.49. The van der Waals surface area contributed by atoms with Crippen molar-refractivity contribution < 1.29 is 9.90 Å². The second-order valence-corrected chi connectivity index (χ2v) is 3.76. The average molecular weight is 244 g/mol. The molecule has 0 amide bonds. The first kappa shape index (κ1) is 12.0. The molecule has 92 valence electrons. The van der Waals surface area contributed by atoms with E-state index in [2.05, 4.69) is 20.5 Å². The van der Waals surface area contributed by atoms with Crippen LogP contribution in [0, 0.1) is 6.92 Å². The molecule has 0 aliphatic rings. The minimum atomic E-state index is -1.03. The molecule has 0 aliphatic carbocycles. The van der Waals surface area contributed by atoms with E-state index in [-0.39, 0.29) is 11.4 Å². The SMILES string of the molecule is Cc1ccc(CNc2nnccc2C(=O)O)cn1. The summed E-state index contributed by atoms with van der Waals surface area (Å²) >= 11 is 0. The van der Waals surface area contributed by atoms with E-state index in [0.717, 1.165) is 11.3 Å². The standard InChI is InChI=1S/C12H12N4O2/c1-8-2-3-9(6-13-8)7-14-11-10(12(17)18)4-5-15-16-11/h2-6H,7H2,1H3,(H,14,16)(H,17,18). The first-order chi connectivity index (χ1) is 8.66. The number of carbonyl (C=O) groups is 1. The third kappa shape index (κ3) is 2.79. The number of hydrogen-bond acceptors (Lipinski definition) is 5. The summed E-state index contributed by atoms with van der Waals surface area (Å²) < 4.78 is 0. The molecule has 0 spiro atoms. The molecule has 2 aromatic heterocycles. The third-order valence-corrected chi connectivity index (χ3v) is 2.38. The molecule has 0 unspecified atom stereocenters. The van der Waals surface area contributed by atoms with Crippen molar-refractivity contribution in [3.63, 3.8) is 0 Å². The maximum atomic E-state index is 11.0. The summed E-state index contributed by atoms with van der Waals surface area (Å²) in [7, 11) is 0. The Balaban J connectivity index is 2.10. The van der Waals surface area contributed by atoms with Gasteiger partial charge in [-0.3, -0.25) is 4.98 Å². The predicted molar refractivity (Wildman–Crippen MR) is 65.3 cm³/mol. The van der Waals surface area contributed by atoms with Crippen LogP contribution < -0.4 is 5.32 Å². The zero-order chi connectivity index (χ0) is 13.0. The van der Waals surface area contributed by atoms with Gasteiger partial charge in [0.2, 0.25) is 0 Å². The van der Waals surface area contributed by atoms with E-state index in [9.17, 15) is 4.79 Å². The Morgan fingerprint density at radius 3 is 2.89 bits per heavy atom. The van der Waals surface area contributed by atoms with Crippen molar-refractivity contribution in [1.82, 2.24) is 15.2 Å². The number of anilines is 1. The topological polar surface area (TPSA) is 88.0 Å². The number of rotatable bonds is 4. The van der Waals surface area contributed by atoms with E-state index in [1.807, 2.05) is 19.1 Å². The lowest BCUT2D eigenvalue weighted by molar-refractivity contribution is 0.0697. The van der Waals surface area contributed by atoms with Crippen LogP contribution >= 0.6 is 0 Å². The first-order valence-electron chi connectivity index (χ1n) is 5.37. The second-order valence-electron chi connectivity index (χ2n) is 3.76. The molecule has 0 aliphatic heterocycles. The third-order valence-electron chi connectivity index (χ3n) is 2.38. The second kappa shape index (κ2) is 5.22. The highest BCUT2D eigenvalue weighted by atomic mass is 16.4. The van der Waals surface area contributed by atoms with Crippen LogP contribution in [0.2, 0.25) is 0 Å². The van der Waals surface area contributed by atoms with Crippen LogP contribution in [0.1, 0.15) is 21.6 Å². The minimum Gasteiger partial charge on any atom is -0.478 e. The van der Waals surface area contributed by atoms with Crippen LogP contribution in [0.4, 0.5) is 5.82 Å².